The van der Waals surface area contributed by atoms with Crippen LogP contribution in [-0.4, -0.2) is 0 Å². The van der Waals surface area contributed by atoms with Crippen LogP contribution in [0.2, 0.25) is 0 Å². The van der Waals surface area contributed by atoms with E-state index in [1.807, 2.05) is 13.0 Å². The van der Waals surface area contributed by atoms with Gasteiger partial charge in [0, 0.05) is 0 Å². The summed E-state index contributed by atoms with van der Waals surface area (Å²) in [7, 11) is 0. The highest BCUT2D eigenvalue weighted by Gasteiger charge is 2.03. The summed E-state index contributed by atoms with van der Waals surface area (Å²) in [4.78, 5) is 0. The van der Waals surface area contributed by atoms with Crippen molar-refractivity contribution in [3.05, 3.63) is 23.8 Å². The Kier molecular flexibility index (Phi) is 7.01. The first kappa shape index (κ1) is 12.0. The zero-order valence-electron chi connectivity index (χ0n) is 8.88. The Hall–Kier alpha value is -1.03. The van der Waals surface area contributed by atoms with Gasteiger partial charge in [0.1, 0.15) is 0 Å². The Labute approximate surface area is 81.8 Å². The van der Waals surface area contributed by atoms with Crippen molar-refractivity contribution in [2.45, 2.75) is 40.0 Å². The summed E-state index contributed by atoms with van der Waals surface area (Å²) in [5.41, 5.74) is 1.30. The number of allylic oxidation sites excluding steroid dienone is 4. The summed E-state index contributed by atoms with van der Waals surface area (Å²) >= 11 is 0. The average molecular weight is 177 g/mol. The molecular weight excluding hydrogens is 158 g/mol. The minimum Gasteiger partial charge on any atom is -0.198 e. The van der Waals surface area contributed by atoms with Gasteiger partial charge in [0.15, 0.2) is 0 Å². The van der Waals surface area contributed by atoms with E-state index in [4.69, 9.17) is 5.26 Å². The second-order valence-corrected chi connectivity index (χ2v) is 3.49. The molecule has 72 valence electrons. The molecule has 1 nitrogen and oxygen atoms in total. The predicted octanol–water partition coefficient (Wildman–Crippen LogP) is 3.84. The summed E-state index contributed by atoms with van der Waals surface area (Å²) in [6.45, 7) is 6.15. The predicted molar refractivity (Wildman–Crippen MR) is 57.2 cm³/mol. The molecule has 0 heterocycles. The number of nitriles is 1. The summed E-state index contributed by atoms with van der Waals surface area (Å²) in [6, 6.07) is 2.34. The van der Waals surface area contributed by atoms with Crippen molar-refractivity contribution in [2.24, 2.45) is 5.92 Å². The molecule has 0 saturated carbocycles. The molecule has 0 N–H and O–H groups in total. The van der Waals surface area contributed by atoms with Gasteiger partial charge in [0.05, 0.1) is 12.0 Å². The van der Waals surface area contributed by atoms with Crippen LogP contribution in [0.25, 0.3) is 0 Å². The molecule has 0 aromatic heterocycles. The number of nitrogens with zero attached hydrogens (tertiary/aromatic N) is 1. The summed E-state index contributed by atoms with van der Waals surface area (Å²) in [5.74, 6) is 0.186. The van der Waals surface area contributed by atoms with E-state index in [2.05, 4.69) is 32.1 Å². The van der Waals surface area contributed by atoms with Crippen LogP contribution < -0.4 is 0 Å². The molecule has 0 aromatic carbocycles. The molecule has 0 spiro atoms. The highest BCUT2D eigenvalue weighted by molar-refractivity contribution is 4.98. The van der Waals surface area contributed by atoms with Gasteiger partial charge >= 0.3 is 0 Å². The lowest BCUT2D eigenvalue weighted by Gasteiger charge is -2.03. The molecule has 0 radical (unpaired) electrons. The SMILES string of the molecule is CC=CCCC(C#N)CC=C(C)C. The van der Waals surface area contributed by atoms with Crippen molar-refractivity contribution in [3.8, 4) is 6.07 Å². The molecule has 0 bridgehead atoms. The molecule has 0 amide bonds. The van der Waals surface area contributed by atoms with Gasteiger partial charge in [-0.3, -0.25) is 0 Å². The van der Waals surface area contributed by atoms with E-state index in [1.54, 1.807) is 0 Å². The van der Waals surface area contributed by atoms with Crippen LogP contribution in [0.1, 0.15) is 40.0 Å². The Balaban J connectivity index is 3.78. The first-order valence-corrected chi connectivity index (χ1v) is 4.84. The fraction of sp³-hybridized carbons (Fsp3) is 0.583. The standard InChI is InChI=1S/C12H19N/c1-4-5-6-7-12(10-13)9-8-11(2)3/h4-5,8,12H,6-7,9H2,1-3H3. The first-order valence-electron chi connectivity index (χ1n) is 4.84. The van der Waals surface area contributed by atoms with Crippen LogP contribution in [0.15, 0.2) is 23.8 Å². The number of rotatable bonds is 5. The highest BCUT2D eigenvalue weighted by Crippen LogP contribution is 2.12. The van der Waals surface area contributed by atoms with E-state index in [1.165, 1.54) is 5.57 Å². The maximum absolute atomic E-state index is 8.83. The molecule has 0 aliphatic carbocycles. The quantitative estimate of drug-likeness (QED) is 0.585. The Bertz CT molecular complexity index is 214. The fourth-order valence-corrected chi connectivity index (χ4v) is 1.08. The largest absolute Gasteiger partial charge is 0.198 e. The normalized spacial score (nSPS) is 12.5. The molecule has 0 rings (SSSR count). The van der Waals surface area contributed by atoms with Crippen LogP contribution >= 0.6 is 0 Å². The number of hydrogen-bond donors (Lipinski definition) is 0. The Morgan fingerprint density at radius 3 is 2.62 bits per heavy atom. The second kappa shape index (κ2) is 7.61. The van der Waals surface area contributed by atoms with Crippen LogP contribution in [0, 0.1) is 17.2 Å². The van der Waals surface area contributed by atoms with Crippen LogP contribution in [0.3, 0.4) is 0 Å². The zero-order chi connectivity index (χ0) is 10.1. The van der Waals surface area contributed by atoms with Gasteiger partial charge in [0.2, 0.25) is 0 Å². The maximum atomic E-state index is 8.83. The van der Waals surface area contributed by atoms with Crippen molar-refractivity contribution in [1.82, 2.24) is 0 Å². The summed E-state index contributed by atoms with van der Waals surface area (Å²) in [5, 5.41) is 8.83. The Morgan fingerprint density at radius 1 is 1.46 bits per heavy atom. The highest BCUT2D eigenvalue weighted by atomic mass is 14.3. The lowest BCUT2D eigenvalue weighted by molar-refractivity contribution is 0.617. The molecular formula is C12H19N. The molecule has 1 heteroatoms. The maximum Gasteiger partial charge on any atom is 0.0659 e. The molecule has 0 fully saturated rings. The van der Waals surface area contributed by atoms with Crippen molar-refractivity contribution < 1.29 is 0 Å². The zero-order valence-corrected chi connectivity index (χ0v) is 8.88. The van der Waals surface area contributed by atoms with Gasteiger partial charge in [-0.05, 0) is 40.0 Å². The molecule has 0 aliphatic heterocycles. The van der Waals surface area contributed by atoms with Crippen molar-refractivity contribution in [2.75, 3.05) is 0 Å². The second-order valence-electron chi connectivity index (χ2n) is 3.49. The third-order valence-electron chi connectivity index (χ3n) is 1.91. The molecule has 1 atom stereocenters. The van der Waals surface area contributed by atoms with E-state index >= 15 is 0 Å². The number of hydrogen-bond acceptors (Lipinski definition) is 1. The molecule has 0 aromatic rings. The van der Waals surface area contributed by atoms with Crippen LogP contribution in [-0.2, 0) is 0 Å². The average Bonchev–Trinajstić information content (AvgIpc) is 2.10. The fourth-order valence-electron chi connectivity index (χ4n) is 1.08. The smallest absolute Gasteiger partial charge is 0.0659 e. The van der Waals surface area contributed by atoms with Gasteiger partial charge in [-0.2, -0.15) is 5.26 Å². The molecule has 1 unspecified atom stereocenters. The lowest BCUT2D eigenvalue weighted by atomic mass is 10.00. The molecule has 13 heavy (non-hydrogen) atoms. The molecule has 0 aliphatic rings. The van der Waals surface area contributed by atoms with Gasteiger partial charge in [-0.1, -0.05) is 23.8 Å². The Morgan fingerprint density at radius 2 is 2.15 bits per heavy atom. The van der Waals surface area contributed by atoms with E-state index in [-0.39, 0.29) is 5.92 Å². The van der Waals surface area contributed by atoms with Gasteiger partial charge in [-0.25, -0.2) is 0 Å². The van der Waals surface area contributed by atoms with Gasteiger partial charge in [-0.15, -0.1) is 0 Å². The summed E-state index contributed by atoms with van der Waals surface area (Å²) < 4.78 is 0. The van der Waals surface area contributed by atoms with Gasteiger partial charge in [0.25, 0.3) is 0 Å². The van der Waals surface area contributed by atoms with Crippen molar-refractivity contribution in [3.63, 3.8) is 0 Å². The van der Waals surface area contributed by atoms with E-state index in [0.717, 1.165) is 19.3 Å². The summed E-state index contributed by atoms with van der Waals surface area (Å²) in [6.07, 6.45) is 9.19. The third kappa shape index (κ3) is 7.33. The van der Waals surface area contributed by atoms with Crippen LogP contribution in [0.4, 0.5) is 0 Å². The lowest BCUT2D eigenvalue weighted by Crippen LogP contribution is -1.94. The van der Waals surface area contributed by atoms with E-state index in [0.29, 0.717) is 0 Å². The van der Waals surface area contributed by atoms with Crippen molar-refractivity contribution in [1.29, 1.82) is 5.26 Å². The first-order chi connectivity index (χ1) is 6.20. The topological polar surface area (TPSA) is 23.8 Å². The van der Waals surface area contributed by atoms with Crippen molar-refractivity contribution >= 4 is 0 Å². The van der Waals surface area contributed by atoms with Gasteiger partial charge < -0.3 is 0 Å². The minimum absolute atomic E-state index is 0.186. The van der Waals surface area contributed by atoms with Crippen LogP contribution in [0.5, 0.6) is 0 Å². The molecule has 0 saturated heterocycles. The van der Waals surface area contributed by atoms with E-state index in [9.17, 15) is 0 Å². The van der Waals surface area contributed by atoms with E-state index < -0.39 is 0 Å². The third-order valence-corrected chi connectivity index (χ3v) is 1.91. The minimum atomic E-state index is 0.186. The monoisotopic (exact) mass is 177 g/mol.